The van der Waals surface area contributed by atoms with Crippen molar-refractivity contribution >= 4 is 0 Å². The van der Waals surface area contributed by atoms with Crippen molar-refractivity contribution in [3.63, 3.8) is 0 Å². The molecule has 0 bridgehead atoms. The van der Waals surface area contributed by atoms with Gasteiger partial charge in [-0.25, -0.2) is 8.78 Å². The second-order valence-corrected chi connectivity index (χ2v) is 4.62. The Kier molecular flexibility index (Phi) is 3.43. The number of hydrogen-bond acceptors (Lipinski definition) is 2. The van der Waals surface area contributed by atoms with Gasteiger partial charge in [0.1, 0.15) is 0 Å². The predicted molar refractivity (Wildman–Crippen MR) is 66.3 cm³/mol. The maximum atomic E-state index is 12.8. The highest BCUT2D eigenvalue weighted by Gasteiger charge is 2.31. The Hall–Kier alpha value is -1.75. The Morgan fingerprint density at radius 3 is 2.61 bits per heavy atom. The Morgan fingerprint density at radius 1 is 1.33 bits per heavy atom. The largest absolute Gasteiger partial charge is 0.320 e. The van der Waals surface area contributed by atoms with Gasteiger partial charge in [0, 0.05) is 0 Å². The molecule has 1 aromatic carbocycles. The van der Waals surface area contributed by atoms with E-state index in [2.05, 4.69) is 10.2 Å². The van der Waals surface area contributed by atoms with E-state index in [0.717, 1.165) is 11.3 Å². The minimum absolute atomic E-state index is 0.0748. The van der Waals surface area contributed by atoms with Gasteiger partial charge in [-0.05, 0) is 24.5 Å². The molecule has 0 aliphatic carbocycles. The molecule has 3 nitrogen and oxygen atoms in total. The van der Waals surface area contributed by atoms with E-state index < -0.39 is 12.0 Å². The van der Waals surface area contributed by atoms with Crippen LogP contribution in [-0.4, -0.2) is 22.2 Å². The van der Waals surface area contributed by atoms with E-state index in [1.165, 1.54) is 6.92 Å². The predicted octanol–water partition coefficient (Wildman–Crippen LogP) is 2.60. The molecule has 2 rings (SSSR count). The van der Waals surface area contributed by atoms with Gasteiger partial charge in [0.2, 0.25) is 0 Å². The summed E-state index contributed by atoms with van der Waals surface area (Å²) in [6, 6.07) is 9.45. The van der Waals surface area contributed by atoms with Gasteiger partial charge in [0.15, 0.2) is 0 Å². The smallest absolute Gasteiger partial charge is 0.256 e. The van der Waals surface area contributed by atoms with Crippen molar-refractivity contribution in [1.29, 1.82) is 0 Å². The normalized spacial score (nSPS) is 14.7. The summed E-state index contributed by atoms with van der Waals surface area (Å²) in [5.74, 6) is 0. The van der Waals surface area contributed by atoms with Crippen molar-refractivity contribution in [2.75, 3.05) is 0 Å². The fourth-order valence-electron chi connectivity index (χ4n) is 1.79. The number of halogens is 2. The second-order valence-electron chi connectivity index (χ2n) is 4.62. The Morgan fingerprint density at radius 2 is 2.00 bits per heavy atom. The third-order valence-electron chi connectivity index (χ3n) is 2.85. The summed E-state index contributed by atoms with van der Waals surface area (Å²) in [4.78, 5) is 0. The molecule has 0 spiro atoms. The number of alkyl halides is 2. The van der Waals surface area contributed by atoms with Crippen molar-refractivity contribution in [3.05, 3.63) is 42.1 Å². The molecule has 0 radical (unpaired) electrons. The van der Waals surface area contributed by atoms with E-state index in [-0.39, 0.29) is 6.42 Å². The fourth-order valence-corrected chi connectivity index (χ4v) is 1.79. The molecule has 0 fully saturated rings. The topological polar surface area (TPSA) is 54.7 Å². The summed E-state index contributed by atoms with van der Waals surface area (Å²) in [6.07, 6.45) is -0.947. The van der Waals surface area contributed by atoms with Gasteiger partial charge in [0.25, 0.3) is 6.43 Å². The minimum Gasteiger partial charge on any atom is -0.320 e. The van der Waals surface area contributed by atoms with Crippen LogP contribution < -0.4 is 5.73 Å². The molecule has 0 aliphatic heterocycles. The van der Waals surface area contributed by atoms with Gasteiger partial charge in [-0.1, -0.05) is 30.3 Å². The number of aromatic amines is 1. The molecule has 1 atom stereocenters. The van der Waals surface area contributed by atoms with Crippen LogP contribution in [0.3, 0.4) is 0 Å². The lowest BCUT2D eigenvalue weighted by Gasteiger charge is -2.23. The van der Waals surface area contributed by atoms with Crippen LogP contribution in [0.25, 0.3) is 11.3 Å². The Bertz CT molecular complexity index is 506. The molecule has 2 aromatic rings. The van der Waals surface area contributed by atoms with E-state index in [9.17, 15) is 8.78 Å². The van der Waals surface area contributed by atoms with Crippen LogP contribution in [0.2, 0.25) is 0 Å². The summed E-state index contributed by atoms with van der Waals surface area (Å²) in [7, 11) is 0. The molecule has 96 valence electrons. The number of nitrogens with one attached hydrogen (secondary N) is 1. The summed E-state index contributed by atoms with van der Waals surface area (Å²) in [5.41, 5.74) is 6.41. The van der Waals surface area contributed by atoms with Crippen molar-refractivity contribution in [3.8, 4) is 11.3 Å². The SMILES string of the molecule is CC(N)(Cc1cn[nH]c1-c1ccccc1)C(F)F. The lowest BCUT2D eigenvalue weighted by Crippen LogP contribution is -2.45. The molecule has 1 unspecified atom stereocenters. The van der Waals surface area contributed by atoms with E-state index in [1.54, 1.807) is 6.20 Å². The first kappa shape index (κ1) is 12.7. The summed E-state index contributed by atoms with van der Waals surface area (Å²) < 4.78 is 25.6. The van der Waals surface area contributed by atoms with Crippen LogP contribution in [0.1, 0.15) is 12.5 Å². The van der Waals surface area contributed by atoms with E-state index in [4.69, 9.17) is 5.73 Å². The molecule has 1 heterocycles. The Balaban J connectivity index is 2.30. The van der Waals surface area contributed by atoms with E-state index in [0.29, 0.717) is 5.56 Å². The van der Waals surface area contributed by atoms with Crippen LogP contribution in [-0.2, 0) is 6.42 Å². The number of nitrogens with zero attached hydrogens (tertiary/aromatic N) is 1. The third kappa shape index (κ3) is 2.56. The number of benzene rings is 1. The maximum Gasteiger partial charge on any atom is 0.256 e. The number of rotatable bonds is 4. The first-order chi connectivity index (χ1) is 8.50. The monoisotopic (exact) mass is 251 g/mol. The molecule has 0 amide bonds. The second kappa shape index (κ2) is 4.86. The molecule has 5 heteroatoms. The summed E-state index contributed by atoms with van der Waals surface area (Å²) in [5, 5.41) is 6.75. The number of H-pyrrole nitrogens is 1. The summed E-state index contributed by atoms with van der Waals surface area (Å²) >= 11 is 0. The van der Waals surface area contributed by atoms with Gasteiger partial charge in [0.05, 0.1) is 17.4 Å². The zero-order chi connectivity index (χ0) is 13.2. The van der Waals surface area contributed by atoms with Gasteiger partial charge >= 0.3 is 0 Å². The fraction of sp³-hybridized carbons (Fsp3) is 0.308. The van der Waals surface area contributed by atoms with Gasteiger partial charge in [-0.15, -0.1) is 0 Å². The van der Waals surface area contributed by atoms with Crippen molar-refractivity contribution in [1.82, 2.24) is 10.2 Å². The van der Waals surface area contributed by atoms with Crippen molar-refractivity contribution in [2.45, 2.75) is 25.3 Å². The molecule has 1 aromatic heterocycles. The van der Waals surface area contributed by atoms with Gasteiger partial charge < -0.3 is 5.73 Å². The molecule has 0 saturated carbocycles. The van der Waals surface area contributed by atoms with Crippen molar-refractivity contribution < 1.29 is 8.78 Å². The average molecular weight is 251 g/mol. The minimum atomic E-state index is -2.57. The number of nitrogens with two attached hydrogens (primary N) is 1. The van der Waals surface area contributed by atoms with E-state index in [1.807, 2.05) is 30.3 Å². The lowest BCUT2D eigenvalue weighted by atomic mass is 9.93. The molecule has 0 aliphatic rings. The van der Waals surface area contributed by atoms with Crippen LogP contribution in [0.15, 0.2) is 36.5 Å². The molecule has 18 heavy (non-hydrogen) atoms. The first-order valence-corrected chi connectivity index (χ1v) is 5.65. The zero-order valence-electron chi connectivity index (χ0n) is 10.0. The first-order valence-electron chi connectivity index (χ1n) is 5.65. The molecular formula is C13H15F2N3. The number of hydrogen-bond donors (Lipinski definition) is 2. The maximum absolute atomic E-state index is 12.8. The molecule has 0 saturated heterocycles. The Labute approximate surface area is 104 Å². The highest BCUT2D eigenvalue weighted by molar-refractivity contribution is 5.62. The van der Waals surface area contributed by atoms with Crippen molar-refractivity contribution in [2.24, 2.45) is 5.73 Å². The number of aromatic nitrogens is 2. The van der Waals surface area contributed by atoms with Crippen LogP contribution >= 0.6 is 0 Å². The van der Waals surface area contributed by atoms with E-state index >= 15 is 0 Å². The van der Waals surface area contributed by atoms with Gasteiger partial charge in [-0.3, -0.25) is 5.10 Å². The highest BCUT2D eigenvalue weighted by Crippen LogP contribution is 2.25. The zero-order valence-corrected chi connectivity index (χ0v) is 10.0. The quantitative estimate of drug-likeness (QED) is 0.877. The lowest BCUT2D eigenvalue weighted by molar-refractivity contribution is 0.0640. The average Bonchev–Trinajstić information content (AvgIpc) is 2.77. The molecule has 3 N–H and O–H groups in total. The van der Waals surface area contributed by atoms with Crippen LogP contribution in [0.5, 0.6) is 0 Å². The van der Waals surface area contributed by atoms with Gasteiger partial charge in [-0.2, -0.15) is 5.10 Å². The third-order valence-corrected chi connectivity index (χ3v) is 2.85. The standard InChI is InChI=1S/C13H15F2N3/c1-13(16,12(14)15)7-10-8-17-18-11(10)9-5-3-2-4-6-9/h2-6,8,12H,7,16H2,1H3,(H,17,18). The van der Waals surface area contributed by atoms with Crippen LogP contribution in [0.4, 0.5) is 8.78 Å². The van der Waals surface area contributed by atoms with Crippen LogP contribution in [0, 0.1) is 0 Å². The summed E-state index contributed by atoms with van der Waals surface area (Å²) in [6.45, 7) is 1.35. The highest BCUT2D eigenvalue weighted by atomic mass is 19.3. The molecular weight excluding hydrogens is 236 g/mol.